The number of ketones is 1. The summed E-state index contributed by atoms with van der Waals surface area (Å²) in [6.45, 7) is 0.273. The van der Waals surface area contributed by atoms with E-state index in [1.54, 1.807) is 0 Å². The van der Waals surface area contributed by atoms with Crippen molar-refractivity contribution in [3.8, 4) is 0 Å². The summed E-state index contributed by atoms with van der Waals surface area (Å²) >= 11 is 0. The van der Waals surface area contributed by atoms with Crippen molar-refractivity contribution < 1.29 is 18.3 Å². The number of carbonyl (C=O) groups is 1. The molecule has 0 N–H and O–H groups in total. The van der Waals surface area contributed by atoms with Gasteiger partial charge in [0, 0.05) is 12.3 Å². The van der Waals surface area contributed by atoms with Gasteiger partial charge in [0.1, 0.15) is 6.61 Å². The van der Waals surface area contributed by atoms with Crippen LogP contribution in [0.15, 0.2) is 0 Å². The van der Waals surface area contributed by atoms with Gasteiger partial charge >= 0.3 is 6.11 Å². The smallest absolute Gasteiger partial charge is 0.313 e. The van der Waals surface area contributed by atoms with E-state index < -0.39 is 12.7 Å². The fourth-order valence-corrected chi connectivity index (χ4v) is 4.80. The van der Waals surface area contributed by atoms with Gasteiger partial charge in [0.2, 0.25) is 0 Å². The molecule has 4 bridgehead atoms. The zero-order valence-electron chi connectivity index (χ0n) is 10.8. The van der Waals surface area contributed by atoms with E-state index >= 15 is 0 Å². The van der Waals surface area contributed by atoms with Crippen molar-refractivity contribution in [2.75, 3.05) is 6.61 Å². The molecule has 0 spiro atoms. The maximum absolute atomic E-state index is 12.7. The Morgan fingerprint density at radius 2 is 1.61 bits per heavy atom. The van der Waals surface area contributed by atoms with Gasteiger partial charge in [-0.1, -0.05) is 0 Å². The van der Waals surface area contributed by atoms with Crippen LogP contribution in [-0.2, 0) is 9.53 Å². The van der Waals surface area contributed by atoms with Crippen molar-refractivity contribution >= 4 is 5.78 Å². The van der Waals surface area contributed by atoms with Crippen LogP contribution in [0.1, 0.15) is 45.4 Å². The number of alkyl halides is 2. The first-order valence-electron chi connectivity index (χ1n) is 6.91. The van der Waals surface area contributed by atoms with Crippen LogP contribution in [0.3, 0.4) is 0 Å². The Morgan fingerprint density at radius 1 is 1.17 bits per heavy atom. The lowest BCUT2D eigenvalue weighted by Gasteiger charge is -2.55. The minimum absolute atomic E-state index is 0.0804. The first-order valence-corrected chi connectivity index (χ1v) is 6.91. The molecule has 4 aliphatic rings. The second kappa shape index (κ2) is 3.99. The number of hydrogen-bond donors (Lipinski definition) is 0. The Balaban J connectivity index is 1.69. The molecule has 0 atom stereocenters. The number of ether oxygens (including phenoxy) is 1. The lowest BCUT2D eigenvalue weighted by molar-refractivity contribution is -0.226. The summed E-state index contributed by atoms with van der Waals surface area (Å²) in [6.07, 6.45) is 3.29. The lowest BCUT2D eigenvalue weighted by Crippen LogP contribution is -2.51. The Hall–Kier alpha value is -0.510. The SMILES string of the molecule is CC(F)(F)OCC(=O)C12CC3CC(CC(C3)C1)C2. The van der Waals surface area contributed by atoms with Crippen LogP contribution in [0.4, 0.5) is 8.78 Å². The minimum Gasteiger partial charge on any atom is -0.313 e. The highest BCUT2D eigenvalue weighted by atomic mass is 19.3. The molecule has 4 rings (SSSR count). The lowest BCUT2D eigenvalue weighted by atomic mass is 9.48. The second-order valence-electron chi connectivity index (χ2n) is 6.72. The molecule has 0 aliphatic heterocycles. The summed E-state index contributed by atoms with van der Waals surface area (Å²) in [5.41, 5.74) is -0.319. The van der Waals surface area contributed by atoms with Crippen molar-refractivity contribution in [2.45, 2.75) is 51.6 Å². The van der Waals surface area contributed by atoms with Gasteiger partial charge in [-0.25, -0.2) is 0 Å². The van der Waals surface area contributed by atoms with Crippen molar-refractivity contribution in [2.24, 2.45) is 23.2 Å². The summed E-state index contributed by atoms with van der Waals surface area (Å²) in [5, 5.41) is 0. The third kappa shape index (κ3) is 2.20. The number of hydrogen-bond acceptors (Lipinski definition) is 2. The van der Waals surface area contributed by atoms with E-state index in [4.69, 9.17) is 0 Å². The molecular weight excluding hydrogens is 238 g/mol. The molecule has 0 saturated heterocycles. The topological polar surface area (TPSA) is 26.3 Å². The van der Waals surface area contributed by atoms with Gasteiger partial charge in [-0.3, -0.25) is 4.79 Å². The molecular formula is C14H20F2O2. The average Bonchev–Trinajstić information content (AvgIpc) is 2.22. The summed E-state index contributed by atoms with van der Waals surface area (Å²) in [6, 6.07) is 0. The molecule has 102 valence electrons. The fraction of sp³-hybridized carbons (Fsp3) is 0.929. The summed E-state index contributed by atoms with van der Waals surface area (Å²) in [4.78, 5) is 12.3. The predicted octanol–water partition coefficient (Wildman–Crippen LogP) is 3.40. The molecule has 0 aromatic rings. The maximum Gasteiger partial charge on any atom is 0.353 e. The summed E-state index contributed by atoms with van der Waals surface area (Å²) < 4.78 is 29.8. The summed E-state index contributed by atoms with van der Waals surface area (Å²) in [7, 11) is 0. The molecule has 2 nitrogen and oxygen atoms in total. The Kier molecular flexibility index (Phi) is 2.78. The molecule has 0 radical (unpaired) electrons. The molecule has 4 heteroatoms. The largest absolute Gasteiger partial charge is 0.353 e. The van der Waals surface area contributed by atoms with E-state index in [9.17, 15) is 13.6 Å². The highest BCUT2D eigenvalue weighted by Crippen LogP contribution is 2.60. The van der Waals surface area contributed by atoms with Gasteiger partial charge in [0.05, 0.1) is 0 Å². The van der Waals surface area contributed by atoms with Gasteiger partial charge in [-0.2, -0.15) is 8.78 Å². The molecule has 0 aromatic heterocycles. The highest BCUT2D eigenvalue weighted by molar-refractivity contribution is 5.86. The van der Waals surface area contributed by atoms with E-state index in [1.165, 1.54) is 19.3 Å². The van der Waals surface area contributed by atoms with Crippen LogP contribution in [-0.4, -0.2) is 18.5 Å². The molecule has 18 heavy (non-hydrogen) atoms. The molecule has 0 unspecified atom stereocenters. The van der Waals surface area contributed by atoms with Gasteiger partial charge in [0.15, 0.2) is 5.78 Å². The Bertz CT molecular complexity index is 324. The minimum atomic E-state index is -3.20. The molecule has 4 aliphatic carbocycles. The van der Waals surface area contributed by atoms with Gasteiger partial charge in [0.25, 0.3) is 0 Å². The molecule has 0 aromatic carbocycles. The van der Waals surface area contributed by atoms with E-state index in [0.29, 0.717) is 24.7 Å². The van der Waals surface area contributed by atoms with Crippen LogP contribution >= 0.6 is 0 Å². The van der Waals surface area contributed by atoms with Crippen LogP contribution in [0.25, 0.3) is 0 Å². The predicted molar refractivity (Wildman–Crippen MR) is 62.2 cm³/mol. The molecule has 0 amide bonds. The standard InChI is InChI=1S/C14H20F2O2/c1-13(15,16)18-8-12(17)14-5-9-2-10(6-14)4-11(3-9)7-14/h9-11H,2-8H2,1H3. The molecule has 0 heterocycles. The van der Waals surface area contributed by atoms with Crippen LogP contribution in [0.2, 0.25) is 0 Å². The van der Waals surface area contributed by atoms with Gasteiger partial charge in [-0.05, 0) is 56.3 Å². The quantitative estimate of drug-likeness (QED) is 0.772. The number of rotatable bonds is 4. The van der Waals surface area contributed by atoms with E-state index in [-0.39, 0.29) is 11.2 Å². The van der Waals surface area contributed by atoms with Crippen LogP contribution in [0.5, 0.6) is 0 Å². The third-order valence-electron chi connectivity index (χ3n) is 5.09. The van der Waals surface area contributed by atoms with Crippen molar-refractivity contribution in [1.82, 2.24) is 0 Å². The first-order chi connectivity index (χ1) is 8.36. The van der Waals surface area contributed by atoms with Crippen molar-refractivity contribution in [3.05, 3.63) is 0 Å². The van der Waals surface area contributed by atoms with E-state index in [2.05, 4.69) is 4.74 Å². The van der Waals surface area contributed by atoms with Crippen molar-refractivity contribution in [3.63, 3.8) is 0 Å². The zero-order valence-corrected chi connectivity index (χ0v) is 10.8. The number of halogens is 2. The monoisotopic (exact) mass is 258 g/mol. The van der Waals surface area contributed by atoms with Crippen molar-refractivity contribution in [1.29, 1.82) is 0 Å². The Morgan fingerprint density at radius 3 is 2.00 bits per heavy atom. The molecule has 4 fully saturated rings. The summed E-state index contributed by atoms with van der Waals surface area (Å²) in [5.74, 6) is 1.88. The normalized spacial score (nSPS) is 42.3. The average molecular weight is 258 g/mol. The molecule has 4 saturated carbocycles. The number of Topliss-reactive ketones (excluding diaryl/α,β-unsaturated/α-hetero) is 1. The first kappa shape index (κ1) is 12.5. The fourth-order valence-electron chi connectivity index (χ4n) is 4.80. The zero-order chi connectivity index (χ0) is 13.0. The van der Waals surface area contributed by atoms with Gasteiger partial charge < -0.3 is 4.74 Å². The highest BCUT2D eigenvalue weighted by Gasteiger charge is 2.54. The Labute approximate surface area is 106 Å². The third-order valence-corrected chi connectivity index (χ3v) is 5.09. The second-order valence-corrected chi connectivity index (χ2v) is 6.72. The maximum atomic E-state index is 12.7. The van der Waals surface area contributed by atoms with Crippen LogP contribution in [0, 0.1) is 23.2 Å². The number of carbonyl (C=O) groups excluding carboxylic acids is 1. The van der Waals surface area contributed by atoms with Gasteiger partial charge in [-0.15, -0.1) is 0 Å². The van der Waals surface area contributed by atoms with E-state index in [1.807, 2.05) is 0 Å². The van der Waals surface area contributed by atoms with E-state index in [0.717, 1.165) is 19.3 Å². The van der Waals surface area contributed by atoms with Crippen LogP contribution < -0.4 is 0 Å².